The molecule has 3 aromatic rings. The van der Waals surface area contributed by atoms with E-state index >= 15 is 0 Å². The second-order valence-electron chi connectivity index (χ2n) is 9.44. The van der Waals surface area contributed by atoms with Crippen molar-refractivity contribution in [1.29, 1.82) is 0 Å². The zero-order valence-corrected chi connectivity index (χ0v) is 18.8. The normalized spacial score (nSPS) is 21.0. The fraction of sp³-hybridized carbons (Fsp3) is 0.423. The van der Waals surface area contributed by atoms with E-state index in [-0.39, 0.29) is 6.04 Å². The van der Waals surface area contributed by atoms with Crippen molar-refractivity contribution in [2.24, 2.45) is 5.92 Å². The molecule has 0 spiro atoms. The average molecular weight is 414 g/mol. The van der Waals surface area contributed by atoms with Crippen LogP contribution in [0.3, 0.4) is 0 Å². The van der Waals surface area contributed by atoms with Crippen LogP contribution < -0.4 is 4.90 Å². The van der Waals surface area contributed by atoms with E-state index in [9.17, 15) is 0 Å². The first-order valence-corrected chi connectivity index (χ1v) is 11.5. The highest BCUT2D eigenvalue weighted by Crippen LogP contribution is 2.40. The standard InChI is InChI=1S/C26H31N5/c1-17(2)31-16-27-29-26(31)24-6-5-7-25(28-24)30-15-22-13-12-21(14-23(22)19(30)4)20-10-8-18(3)9-11-20/h5-7,12-14,16-18,20H,4,8-11,15H2,1-3H3. The maximum atomic E-state index is 4.94. The van der Waals surface area contributed by atoms with E-state index in [1.807, 2.05) is 12.1 Å². The van der Waals surface area contributed by atoms with Gasteiger partial charge in [-0.2, -0.15) is 0 Å². The lowest BCUT2D eigenvalue weighted by atomic mass is 9.79. The van der Waals surface area contributed by atoms with Crippen LogP contribution in [0.1, 0.15) is 75.1 Å². The molecule has 0 unspecified atom stereocenters. The summed E-state index contributed by atoms with van der Waals surface area (Å²) >= 11 is 0. The number of benzene rings is 1. The Morgan fingerprint density at radius 3 is 2.65 bits per heavy atom. The fourth-order valence-corrected chi connectivity index (χ4v) is 4.98. The lowest BCUT2D eigenvalue weighted by Gasteiger charge is -2.26. The molecule has 160 valence electrons. The summed E-state index contributed by atoms with van der Waals surface area (Å²) in [6, 6.07) is 13.4. The molecule has 0 bridgehead atoms. The van der Waals surface area contributed by atoms with Gasteiger partial charge in [0.15, 0.2) is 5.82 Å². The van der Waals surface area contributed by atoms with Gasteiger partial charge in [0.2, 0.25) is 0 Å². The first-order chi connectivity index (χ1) is 15.0. The van der Waals surface area contributed by atoms with Crippen LogP contribution in [0.15, 0.2) is 49.3 Å². The van der Waals surface area contributed by atoms with Gasteiger partial charge in [0.1, 0.15) is 17.8 Å². The van der Waals surface area contributed by atoms with E-state index in [0.717, 1.165) is 35.5 Å². The zero-order chi connectivity index (χ0) is 21.5. The molecule has 1 aromatic carbocycles. The maximum Gasteiger partial charge on any atom is 0.182 e. The SMILES string of the molecule is C=C1c2cc(C3CCC(C)CC3)ccc2CN1c1cccc(-c2nncn2C(C)C)n1. The van der Waals surface area contributed by atoms with Crippen molar-refractivity contribution < 1.29 is 0 Å². The van der Waals surface area contributed by atoms with E-state index in [1.54, 1.807) is 6.33 Å². The first kappa shape index (κ1) is 20.0. The molecular formula is C26H31N5. The highest BCUT2D eigenvalue weighted by Gasteiger charge is 2.27. The minimum Gasteiger partial charge on any atom is -0.322 e. The summed E-state index contributed by atoms with van der Waals surface area (Å²) in [6.07, 6.45) is 7.05. The van der Waals surface area contributed by atoms with Crippen LogP contribution in [-0.4, -0.2) is 19.7 Å². The molecule has 0 N–H and O–H groups in total. The lowest BCUT2D eigenvalue weighted by Crippen LogP contribution is -2.15. The second kappa shape index (κ2) is 7.95. The van der Waals surface area contributed by atoms with Gasteiger partial charge in [-0.25, -0.2) is 4.98 Å². The number of anilines is 1. The number of fused-ring (bicyclic) bond motifs is 1. The summed E-state index contributed by atoms with van der Waals surface area (Å²) in [5, 5.41) is 8.41. The van der Waals surface area contributed by atoms with E-state index in [4.69, 9.17) is 4.98 Å². The van der Waals surface area contributed by atoms with Crippen LogP contribution in [0, 0.1) is 5.92 Å². The zero-order valence-electron chi connectivity index (χ0n) is 18.8. The molecule has 1 aliphatic carbocycles. The van der Waals surface area contributed by atoms with Gasteiger partial charge in [-0.3, -0.25) is 0 Å². The van der Waals surface area contributed by atoms with E-state index in [1.165, 1.54) is 42.4 Å². The second-order valence-corrected chi connectivity index (χ2v) is 9.44. The fourth-order valence-electron chi connectivity index (χ4n) is 4.98. The molecule has 0 amide bonds. The van der Waals surface area contributed by atoms with E-state index < -0.39 is 0 Å². The molecule has 1 fully saturated rings. The Morgan fingerprint density at radius 2 is 1.87 bits per heavy atom. The Balaban J connectivity index is 1.42. The average Bonchev–Trinajstić information content (AvgIpc) is 3.40. The number of rotatable bonds is 4. The molecule has 31 heavy (non-hydrogen) atoms. The minimum atomic E-state index is 0.280. The van der Waals surface area contributed by atoms with Crippen molar-refractivity contribution >= 4 is 11.5 Å². The smallest absolute Gasteiger partial charge is 0.182 e. The Morgan fingerprint density at radius 1 is 1.06 bits per heavy atom. The Labute approximate surface area is 184 Å². The predicted molar refractivity (Wildman–Crippen MR) is 126 cm³/mol. The molecule has 5 nitrogen and oxygen atoms in total. The van der Waals surface area contributed by atoms with Gasteiger partial charge < -0.3 is 9.47 Å². The number of hydrogen-bond donors (Lipinski definition) is 0. The topological polar surface area (TPSA) is 46.8 Å². The summed E-state index contributed by atoms with van der Waals surface area (Å²) in [5.41, 5.74) is 5.95. The van der Waals surface area contributed by atoms with Crippen molar-refractivity contribution in [3.63, 3.8) is 0 Å². The van der Waals surface area contributed by atoms with Gasteiger partial charge in [-0.05, 0) is 67.9 Å². The van der Waals surface area contributed by atoms with Crippen molar-refractivity contribution in [3.05, 3.63) is 66.0 Å². The Hall–Kier alpha value is -2.95. The molecule has 0 radical (unpaired) electrons. The summed E-state index contributed by atoms with van der Waals surface area (Å²) in [4.78, 5) is 7.16. The molecule has 0 saturated heterocycles. The third kappa shape index (κ3) is 3.67. The Bertz CT molecular complexity index is 1100. The predicted octanol–water partition coefficient (Wildman–Crippen LogP) is 6.21. The third-order valence-electron chi connectivity index (χ3n) is 6.96. The van der Waals surface area contributed by atoms with Crippen LogP contribution in [0.5, 0.6) is 0 Å². The molecular weight excluding hydrogens is 382 g/mol. The highest BCUT2D eigenvalue weighted by molar-refractivity contribution is 5.83. The van der Waals surface area contributed by atoms with Crippen molar-refractivity contribution in [2.45, 2.75) is 65.0 Å². The molecule has 1 aliphatic heterocycles. The molecule has 5 heteroatoms. The monoisotopic (exact) mass is 413 g/mol. The van der Waals surface area contributed by atoms with Crippen LogP contribution in [0.2, 0.25) is 0 Å². The first-order valence-electron chi connectivity index (χ1n) is 11.5. The third-order valence-corrected chi connectivity index (χ3v) is 6.96. The van der Waals surface area contributed by atoms with Crippen molar-refractivity contribution in [3.8, 4) is 11.5 Å². The maximum absolute atomic E-state index is 4.94. The molecule has 1 saturated carbocycles. The molecule has 2 aromatic heterocycles. The summed E-state index contributed by atoms with van der Waals surface area (Å²) in [7, 11) is 0. The van der Waals surface area contributed by atoms with Crippen LogP contribution in [0.4, 0.5) is 5.82 Å². The van der Waals surface area contributed by atoms with Crippen LogP contribution in [-0.2, 0) is 6.54 Å². The molecule has 0 atom stereocenters. The van der Waals surface area contributed by atoms with Gasteiger partial charge in [-0.15, -0.1) is 10.2 Å². The lowest BCUT2D eigenvalue weighted by molar-refractivity contribution is 0.348. The summed E-state index contributed by atoms with van der Waals surface area (Å²) in [6.45, 7) is 11.9. The van der Waals surface area contributed by atoms with Gasteiger partial charge in [0.05, 0.1) is 6.54 Å². The summed E-state index contributed by atoms with van der Waals surface area (Å²) < 4.78 is 2.05. The van der Waals surface area contributed by atoms with Crippen LogP contribution >= 0.6 is 0 Å². The molecule has 3 heterocycles. The summed E-state index contributed by atoms with van der Waals surface area (Å²) in [5.74, 6) is 3.27. The number of pyridine rings is 1. The van der Waals surface area contributed by atoms with Crippen molar-refractivity contribution in [2.75, 3.05) is 4.90 Å². The van der Waals surface area contributed by atoms with E-state index in [0.29, 0.717) is 5.92 Å². The van der Waals surface area contributed by atoms with Gasteiger partial charge >= 0.3 is 0 Å². The van der Waals surface area contributed by atoms with Gasteiger partial charge in [0, 0.05) is 17.3 Å². The van der Waals surface area contributed by atoms with E-state index in [2.05, 4.69) is 71.3 Å². The van der Waals surface area contributed by atoms with Gasteiger partial charge in [0.25, 0.3) is 0 Å². The number of aromatic nitrogens is 4. The quantitative estimate of drug-likeness (QED) is 0.510. The van der Waals surface area contributed by atoms with Crippen LogP contribution in [0.25, 0.3) is 17.2 Å². The molecule has 2 aliphatic rings. The minimum absolute atomic E-state index is 0.280. The van der Waals surface area contributed by atoms with Crippen molar-refractivity contribution in [1.82, 2.24) is 19.7 Å². The number of hydrogen-bond acceptors (Lipinski definition) is 4. The van der Waals surface area contributed by atoms with Gasteiger partial charge in [-0.1, -0.05) is 44.5 Å². The molecule has 5 rings (SSSR count). The highest BCUT2D eigenvalue weighted by atomic mass is 15.3. The largest absolute Gasteiger partial charge is 0.322 e. The Kier molecular flexibility index (Phi) is 5.12. The number of nitrogens with zero attached hydrogens (tertiary/aromatic N) is 5.